The molecule has 7 heteroatoms. The number of carbonyl (C=O) groups excluding carboxylic acids is 3. The Labute approximate surface area is 203 Å². The number of carbonyl (C=O) groups is 3. The SMILES string of the molecule is CCOc1ccc(C(C)=O)cc1COC(=O)c1ccccc1SCC(=O)Nc1ccc(C)cc1. The van der Waals surface area contributed by atoms with Crippen LogP contribution in [0.2, 0.25) is 0 Å². The zero-order chi connectivity index (χ0) is 24.5. The maximum Gasteiger partial charge on any atom is 0.339 e. The van der Waals surface area contributed by atoms with E-state index >= 15 is 0 Å². The van der Waals surface area contributed by atoms with E-state index in [0.29, 0.717) is 33.9 Å². The number of anilines is 1. The van der Waals surface area contributed by atoms with Gasteiger partial charge in [-0.25, -0.2) is 4.79 Å². The number of Topliss-reactive ketones (excluding diaryl/α,β-unsaturated/α-hetero) is 1. The minimum absolute atomic E-state index is 0.0395. The van der Waals surface area contributed by atoms with Crippen LogP contribution in [0.25, 0.3) is 0 Å². The fourth-order valence-electron chi connectivity index (χ4n) is 3.17. The third-order valence-electron chi connectivity index (χ3n) is 4.93. The number of hydrogen-bond donors (Lipinski definition) is 1. The highest BCUT2D eigenvalue weighted by Crippen LogP contribution is 2.26. The van der Waals surface area contributed by atoms with Crippen molar-refractivity contribution in [2.75, 3.05) is 17.7 Å². The Bertz CT molecular complexity index is 1170. The monoisotopic (exact) mass is 477 g/mol. The van der Waals surface area contributed by atoms with Gasteiger partial charge in [0.1, 0.15) is 12.4 Å². The van der Waals surface area contributed by atoms with Crippen molar-refractivity contribution in [3.63, 3.8) is 0 Å². The first-order valence-corrected chi connectivity index (χ1v) is 11.9. The molecule has 3 rings (SSSR count). The standard InChI is InChI=1S/C27H27NO5S/c1-4-32-24-14-11-20(19(3)29)15-21(24)16-33-27(31)23-7-5-6-8-25(23)34-17-26(30)28-22-12-9-18(2)10-13-22/h5-15H,4,16-17H2,1-3H3,(H,28,30). The van der Waals surface area contributed by atoms with E-state index in [0.717, 1.165) is 11.3 Å². The lowest BCUT2D eigenvalue weighted by atomic mass is 10.1. The minimum Gasteiger partial charge on any atom is -0.493 e. The maximum absolute atomic E-state index is 12.9. The topological polar surface area (TPSA) is 81.7 Å². The molecule has 0 radical (unpaired) electrons. The van der Waals surface area contributed by atoms with Crippen LogP contribution in [0, 0.1) is 6.92 Å². The third kappa shape index (κ3) is 6.96. The highest BCUT2D eigenvalue weighted by Gasteiger charge is 2.16. The molecular weight excluding hydrogens is 450 g/mol. The fourth-order valence-corrected chi connectivity index (χ4v) is 4.01. The summed E-state index contributed by atoms with van der Waals surface area (Å²) in [4.78, 5) is 37.6. The number of amides is 1. The molecule has 0 atom stereocenters. The number of aryl methyl sites for hydroxylation is 1. The highest BCUT2D eigenvalue weighted by molar-refractivity contribution is 8.00. The van der Waals surface area contributed by atoms with Crippen molar-refractivity contribution in [3.05, 3.63) is 89.0 Å². The van der Waals surface area contributed by atoms with E-state index in [4.69, 9.17) is 9.47 Å². The van der Waals surface area contributed by atoms with Gasteiger partial charge in [-0.1, -0.05) is 29.8 Å². The molecule has 176 valence electrons. The molecule has 6 nitrogen and oxygen atoms in total. The maximum atomic E-state index is 12.9. The Kier molecular flexibility index (Phi) is 8.87. The summed E-state index contributed by atoms with van der Waals surface area (Å²) in [5.41, 5.74) is 3.34. The first kappa shape index (κ1) is 25.1. The molecule has 0 aliphatic carbocycles. The Morgan fingerprint density at radius 1 is 0.971 bits per heavy atom. The Morgan fingerprint density at radius 2 is 1.71 bits per heavy atom. The summed E-state index contributed by atoms with van der Waals surface area (Å²) in [6.45, 7) is 5.73. The number of hydrogen-bond acceptors (Lipinski definition) is 6. The van der Waals surface area contributed by atoms with E-state index in [-0.39, 0.29) is 24.1 Å². The molecule has 0 fully saturated rings. The van der Waals surface area contributed by atoms with E-state index in [1.165, 1.54) is 18.7 Å². The lowest BCUT2D eigenvalue weighted by Gasteiger charge is -2.13. The van der Waals surface area contributed by atoms with Gasteiger partial charge in [0.15, 0.2) is 5.78 Å². The van der Waals surface area contributed by atoms with Crippen molar-refractivity contribution in [1.82, 2.24) is 0 Å². The van der Waals surface area contributed by atoms with Crippen molar-refractivity contribution < 1.29 is 23.9 Å². The van der Waals surface area contributed by atoms with E-state index in [9.17, 15) is 14.4 Å². The van der Waals surface area contributed by atoms with Gasteiger partial charge in [0.05, 0.1) is 17.9 Å². The molecule has 0 saturated carbocycles. The number of ether oxygens (including phenoxy) is 2. The molecule has 0 aromatic heterocycles. The van der Waals surface area contributed by atoms with Crippen molar-refractivity contribution in [3.8, 4) is 5.75 Å². The average molecular weight is 478 g/mol. The fraction of sp³-hybridized carbons (Fsp3) is 0.222. The zero-order valence-corrected chi connectivity index (χ0v) is 20.2. The number of esters is 1. The van der Waals surface area contributed by atoms with Crippen LogP contribution < -0.4 is 10.1 Å². The number of rotatable bonds is 10. The van der Waals surface area contributed by atoms with Crippen LogP contribution in [0.1, 0.15) is 45.7 Å². The molecule has 0 bridgehead atoms. The average Bonchev–Trinajstić information content (AvgIpc) is 2.83. The second kappa shape index (κ2) is 12.0. The van der Waals surface area contributed by atoms with Gasteiger partial charge < -0.3 is 14.8 Å². The lowest BCUT2D eigenvalue weighted by Crippen LogP contribution is -2.14. The predicted molar refractivity (Wildman–Crippen MR) is 134 cm³/mol. The molecule has 1 amide bonds. The first-order valence-electron chi connectivity index (χ1n) is 10.9. The van der Waals surface area contributed by atoms with Crippen molar-refractivity contribution >= 4 is 35.1 Å². The van der Waals surface area contributed by atoms with Gasteiger partial charge in [-0.05, 0) is 63.2 Å². The molecule has 0 unspecified atom stereocenters. The molecular formula is C27H27NO5S. The Balaban J connectivity index is 1.65. The zero-order valence-electron chi connectivity index (χ0n) is 19.4. The molecule has 0 aliphatic heterocycles. The Morgan fingerprint density at radius 3 is 2.41 bits per heavy atom. The van der Waals surface area contributed by atoms with Gasteiger partial charge in [0, 0.05) is 21.7 Å². The van der Waals surface area contributed by atoms with E-state index in [2.05, 4.69) is 5.32 Å². The van der Waals surface area contributed by atoms with Crippen molar-refractivity contribution in [2.24, 2.45) is 0 Å². The molecule has 3 aromatic carbocycles. The molecule has 3 aromatic rings. The van der Waals surface area contributed by atoms with E-state index < -0.39 is 5.97 Å². The van der Waals surface area contributed by atoms with Crippen molar-refractivity contribution in [2.45, 2.75) is 32.3 Å². The number of thioether (sulfide) groups is 1. The number of ketones is 1. The van der Waals surface area contributed by atoms with Crippen LogP contribution in [0.5, 0.6) is 5.75 Å². The van der Waals surface area contributed by atoms with Crippen LogP contribution in [0.3, 0.4) is 0 Å². The quantitative estimate of drug-likeness (QED) is 0.230. The van der Waals surface area contributed by atoms with Crippen LogP contribution in [0.4, 0.5) is 5.69 Å². The smallest absolute Gasteiger partial charge is 0.339 e. The number of benzene rings is 3. The second-order valence-corrected chi connectivity index (χ2v) is 8.60. The molecule has 0 saturated heterocycles. The summed E-state index contributed by atoms with van der Waals surface area (Å²) in [7, 11) is 0. The van der Waals surface area contributed by atoms with Crippen LogP contribution in [-0.4, -0.2) is 30.0 Å². The van der Waals surface area contributed by atoms with Gasteiger partial charge in [-0.3, -0.25) is 9.59 Å². The van der Waals surface area contributed by atoms with Gasteiger partial charge in [0.25, 0.3) is 0 Å². The molecule has 0 spiro atoms. The largest absolute Gasteiger partial charge is 0.493 e. The predicted octanol–water partition coefficient (Wildman–Crippen LogP) is 5.68. The lowest BCUT2D eigenvalue weighted by molar-refractivity contribution is -0.113. The summed E-state index contributed by atoms with van der Waals surface area (Å²) in [5, 5.41) is 2.85. The molecule has 0 aliphatic rings. The summed E-state index contributed by atoms with van der Waals surface area (Å²) in [6, 6.07) is 19.6. The summed E-state index contributed by atoms with van der Waals surface area (Å²) >= 11 is 1.26. The van der Waals surface area contributed by atoms with Gasteiger partial charge >= 0.3 is 5.97 Å². The van der Waals surface area contributed by atoms with Crippen LogP contribution in [0.15, 0.2) is 71.6 Å². The van der Waals surface area contributed by atoms with Crippen LogP contribution >= 0.6 is 11.8 Å². The van der Waals surface area contributed by atoms with E-state index in [1.807, 2.05) is 38.1 Å². The summed E-state index contributed by atoms with van der Waals surface area (Å²) < 4.78 is 11.1. The highest BCUT2D eigenvalue weighted by atomic mass is 32.2. The molecule has 0 heterocycles. The van der Waals surface area contributed by atoms with Gasteiger partial charge in [0.2, 0.25) is 5.91 Å². The first-order chi connectivity index (χ1) is 16.4. The molecule has 34 heavy (non-hydrogen) atoms. The summed E-state index contributed by atoms with van der Waals surface area (Å²) in [6.07, 6.45) is 0. The Hall–Kier alpha value is -3.58. The van der Waals surface area contributed by atoms with Gasteiger partial charge in [-0.15, -0.1) is 11.8 Å². The third-order valence-corrected chi connectivity index (χ3v) is 6.00. The summed E-state index contributed by atoms with van der Waals surface area (Å²) in [5.74, 6) is -0.0537. The molecule has 1 N–H and O–H groups in total. The van der Waals surface area contributed by atoms with E-state index in [1.54, 1.807) is 42.5 Å². The number of nitrogens with one attached hydrogen (secondary N) is 1. The van der Waals surface area contributed by atoms with Crippen LogP contribution in [-0.2, 0) is 16.1 Å². The minimum atomic E-state index is -0.516. The second-order valence-electron chi connectivity index (χ2n) is 7.59. The van der Waals surface area contributed by atoms with Crippen molar-refractivity contribution in [1.29, 1.82) is 0 Å². The normalized spacial score (nSPS) is 10.4. The van der Waals surface area contributed by atoms with Gasteiger partial charge in [-0.2, -0.15) is 0 Å².